The summed E-state index contributed by atoms with van der Waals surface area (Å²) in [6, 6.07) is 2.30. The molecule has 114 valence electrons. The minimum Gasteiger partial charge on any atom is -0.356 e. The predicted octanol–water partition coefficient (Wildman–Crippen LogP) is 2.21. The van der Waals surface area contributed by atoms with Crippen LogP contribution in [0.1, 0.15) is 24.8 Å². The number of rotatable bonds is 3. The first-order chi connectivity index (χ1) is 9.93. The van der Waals surface area contributed by atoms with Crippen molar-refractivity contribution in [2.75, 3.05) is 18.0 Å². The summed E-state index contributed by atoms with van der Waals surface area (Å²) >= 11 is 0. The summed E-state index contributed by atoms with van der Waals surface area (Å²) in [6.45, 7) is 0.976. The van der Waals surface area contributed by atoms with Crippen LogP contribution in [0.4, 0.5) is 19.0 Å². The highest BCUT2D eigenvalue weighted by Crippen LogP contribution is 2.32. The first-order valence-corrected chi connectivity index (χ1v) is 7.02. The van der Waals surface area contributed by atoms with Crippen LogP contribution in [-0.4, -0.2) is 30.0 Å². The Balaban J connectivity index is 1.66. The molecule has 0 aromatic carbocycles. The van der Waals surface area contributed by atoms with Gasteiger partial charge in [0.05, 0.1) is 11.5 Å². The van der Waals surface area contributed by atoms with Crippen molar-refractivity contribution in [3.63, 3.8) is 0 Å². The van der Waals surface area contributed by atoms with Crippen LogP contribution < -0.4 is 10.2 Å². The maximum atomic E-state index is 12.7. The molecular weight excluding hydrogens is 283 g/mol. The Bertz CT molecular complexity index is 543. The monoisotopic (exact) mass is 299 g/mol. The number of carbonyl (C=O) groups excluding carboxylic acids is 1. The van der Waals surface area contributed by atoms with E-state index in [1.54, 1.807) is 4.90 Å². The predicted molar refractivity (Wildman–Crippen MR) is 70.7 cm³/mol. The molecule has 1 atom stereocenters. The quantitative estimate of drug-likeness (QED) is 0.930. The number of amides is 1. The number of hydrogen-bond donors (Lipinski definition) is 1. The first-order valence-electron chi connectivity index (χ1n) is 7.02. The van der Waals surface area contributed by atoms with Crippen molar-refractivity contribution in [1.82, 2.24) is 10.3 Å². The third-order valence-electron chi connectivity index (χ3n) is 3.88. The minimum atomic E-state index is -4.37. The van der Waals surface area contributed by atoms with Crippen molar-refractivity contribution >= 4 is 11.7 Å². The Morgan fingerprint density at radius 2 is 2.10 bits per heavy atom. The molecule has 1 aromatic rings. The molecule has 1 saturated heterocycles. The van der Waals surface area contributed by atoms with E-state index in [4.69, 9.17) is 0 Å². The summed E-state index contributed by atoms with van der Waals surface area (Å²) < 4.78 is 38.1. The van der Waals surface area contributed by atoms with Crippen molar-refractivity contribution in [3.05, 3.63) is 23.9 Å². The molecule has 2 heterocycles. The van der Waals surface area contributed by atoms with Crippen molar-refractivity contribution in [2.45, 2.75) is 31.5 Å². The maximum absolute atomic E-state index is 12.7. The lowest BCUT2D eigenvalue weighted by Crippen LogP contribution is -2.34. The van der Waals surface area contributed by atoms with E-state index in [9.17, 15) is 18.0 Å². The Morgan fingerprint density at radius 1 is 1.33 bits per heavy atom. The number of hydrogen-bond acceptors (Lipinski definition) is 3. The van der Waals surface area contributed by atoms with E-state index >= 15 is 0 Å². The number of aromatic nitrogens is 1. The minimum absolute atomic E-state index is 0.00646. The van der Waals surface area contributed by atoms with Gasteiger partial charge in [-0.05, 0) is 31.4 Å². The largest absolute Gasteiger partial charge is 0.416 e. The van der Waals surface area contributed by atoms with Crippen LogP contribution in [0.15, 0.2) is 18.3 Å². The fourth-order valence-electron chi connectivity index (χ4n) is 2.50. The third kappa shape index (κ3) is 3.28. The van der Waals surface area contributed by atoms with E-state index in [-0.39, 0.29) is 17.6 Å². The van der Waals surface area contributed by atoms with Gasteiger partial charge in [-0.25, -0.2) is 4.98 Å². The molecule has 7 heteroatoms. The van der Waals surface area contributed by atoms with Gasteiger partial charge in [0.25, 0.3) is 0 Å². The number of nitrogens with zero attached hydrogens (tertiary/aromatic N) is 2. The summed E-state index contributed by atoms with van der Waals surface area (Å²) in [7, 11) is 0. The molecule has 0 spiro atoms. The number of halogens is 3. The average Bonchev–Trinajstić information content (AvgIpc) is 3.11. The zero-order valence-corrected chi connectivity index (χ0v) is 11.4. The summed E-state index contributed by atoms with van der Waals surface area (Å²) in [5.41, 5.74) is -0.710. The summed E-state index contributed by atoms with van der Waals surface area (Å²) in [5, 5.41) is 2.94. The molecule has 1 aromatic heterocycles. The van der Waals surface area contributed by atoms with Gasteiger partial charge in [-0.15, -0.1) is 0 Å². The van der Waals surface area contributed by atoms with Crippen molar-refractivity contribution in [2.24, 2.45) is 5.92 Å². The molecule has 1 aliphatic heterocycles. The van der Waals surface area contributed by atoms with Gasteiger partial charge < -0.3 is 10.2 Å². The lowest BCUT2D eigenvalue weighted by Gasteiger charge is -2.18. The Kier molecular flexibility index (Phi) is 3.51. The molecular formula is C14H16F3N3O. The molecule has 2 fully saturated rings. The second kappa shape index (κ2) is 5.20. The summed E-state index contributed by atoms with van der Waals surface area (Å²) in [4.78, 5) is 17.7. The van der Waals surface area contributed by atoms with E-state index in [2.05, 4.69) is 10.3 Å². The van der Waals surface area contributed by atoms with Gasteiger partial charge in [-0.1, -0.05) is 0 Å². The zero-order valence-electron chi connectivity index (χ0n) is 11.4. The highest BCUT2D eigenvalue weighted by atomic mass is 19.4. The molecule has 3 rings (SSSR count). The van der Waals surface area contributed by atoms with Gasteiger partial charge in [0.2, 0.25) is 5.91 Å². The zero-order chi connectivity index (χ0) is 15.0. The van der Waals surface area contributed by atoms with Crippen LogP contribution in [0.2, 0.25) is 0 Å². The second-order valence-electron chi connectivity index (χ2n) is 5.61. The Morgan fingerprint density at radius 3 is 2.76 bits per heavy atom. The normalized spacial score (nSPS) is 22.4. The van der Waals surface area contributed by atoms with E-state index in [1.165, 1.54) is 0 Å². The molecule has 1 N–H and O–H groups in total. The molecule has 1 amide bonds. The van der Waals surface area contributed by atoms with Crippen LogP contribution in [0.25, 0.3) is 0 Å². The van der Waals surface area contributed by atoms with E-state index in [0.29, 0.717) is 25.6 Å². The van der Waals surface area contributed by atoms with E-state index in [0.717, 1.165) is 31.2 Å². The van der Waals surface area contributed by atoms with Crippen LogP contribution in [0.3, 0.4) is 0 Å². The highest BCUT2D eigenvalue weighted by molar-refractivity contribution is 5.80. The fourth-order valence-corrected chi connectivity index (χ4v) is 2.50. The Labute approximate surface area is 120 Å². The number of anilines is 1. The van der Waals surface area contributed by atoms with E-state index in [1.807, 2.05) is 0 Å². The SMILES string of the molecule is O=C(NC1CC1)C1CCN(c2cc(C(F)(F)F)ccn2)C1. The third-order valence-corrected chi connectivity index (χ3v) is 3.88. The topological polar surface area (TPSA) is 45.2 Å². The van der Waals surface area contributed by atoms with Gasteiger partial charge in [0, 0.05) is 25.3 Å². The molecule has 4 nitrogen and oxygen atoms in total. The van der Waals surface area contributed by atoms with Crippen molar-refractivity contribution in [3.8, 4) is 0 Å². The average molecular weight is 299 g/mol. The standard InChI is InChI=1S/C14H16F3N3O/c15-14(16,17)10-3-5-18-12(7-10)20-6-4-9(8-20)13(21)19-11-1-2-11/h3,5,7,9,11H,1-2,4,6,8H2,(H,19,21). The van der Waals surface area contributed by atoms with Crippen LogP contribution in [0.5, 0.6) is 0 Å². The van der Waals surface area contributed by atoms with Gasteiger partial charge in [0.1, 0.15) is 5.82 Å². The molecule has 0 radical (unpaired) electrons. The highest BCUT2D eigenvalue weighted by Gasteiger charge is 2.34. The molecule has 2 aliphatic rings. The van der Waals surface area contributed by atoms with Crippen molar-refractivity contribution in [1.29, 1.82) is 0 Å². The van der Waals surface area contributed by atoms with E-state index < -0.39 is 11.7 Å². The number of pyridine rings is 1. The number of nitrogens with one attached hydrogen (secondary N) is 1. The van der Waals surface area contributed by atoms with Crippen LogP contribution >= 0.6 is 0 Å². The second-order valence-corrected chi connectivity index (χ2v) is 5.61. The smallest absolute Gasteiger partial charge is 0.356 e. The molecule has 1 saturated carbocycles. The molecule has 1 aliphatic carbocycles. The molecule has 21 heavy (non-hydrogen) atoms. The fraction of sp³-hybridized carbons (Fsp3) is 0.571. The first kappa shape index (κ1) is 14.2. The summed E-state index contributed by atoms with van der Waals surface area (Å²) in [5.74, 6) is 0.125. The van der Waals surface area contributed by atoms with Crippen molar-refractivity contribution < 1.29 is 18.0 Å². The molecule has 1 unspecified atom stereocenters. The van der Waals surface area contributed by atoms with Gasteiger partial charge in [-0.3, -0.25) is 4.79 Å². The van der Waals surface area contributed by atoms with Gasteiger partial charge in [0.15, 0.2) is 0 Å². The van der Waals surface area contributed by atoms with Crippen LogP contribution in [-0.2, 0) is 11.0 Å². The lowest BCUT2D eigenvalue weighted by molar-refractivity contribution is -0.137. The maximum Gasteiger partial charge on any atom is 0.416 e. The summed E-state index contributed by atoms with van der Waals surface area (Å²) in [6.07, 6.45) is -0.513. The number of carbonyl (C=O) groups is 1. The Hall–Kier alpha value is -1.79. The number of alkyl halides is 3. The van der Waals surface area contributed by atoms with Crippen LogP contribution in [0, 0.1) is 5.92 Å². The van der Waals surface area contributed by atoms with Gasteiger partial charge >= 0.3 is 6.18 Å². The molecule has 0 bridgehead atoms. The van der Waals surface area contributed by atoms with Gasteiger partial charge in [-0.2, -0.15) is 13.2 Å². The lowest BCUT2D eigenvalue weighted by atomic mass is 10.1.